The topological polar surface area (TPSA) is 76.0 Å². The van der Waals surface area contributed by atoms with Crippen LogP contribution in [0.15, 0.2) is 54.7 Å². The summed E-state index contributed by atoms with van der Waals surface area (Å²) >= 11 is 0. The van der Waals surface area contributed by atoms with Crippen LogP contribution in [0.5, 0.6) is 0 Å². The van der Waals surface area contributed by atoms with Crippen molar-refractivity contribution in [3.63, 3.8) is 0 Å². The van der Waals surface area contributed by atoms with Gasteiger partial charge in [-0.2, -0.15) is 5.10 Å². The van der Waals surface area contributed by atoms with E-state index in [1.54, 1.807) is 23.0 Å². The second kappa shape index (κ2) is 7.86. The molecular formula is C21H22N4O2. The quantitative estimate of drug-likeness (QED) is 0.721. The minimum absolute atomic E-state index is 0.154. The Bertz CT molecular complexity index is 977. The Hall–Kier alpha value is -3.41. The van der Waals surface area contributed by atoms with E-state index in [0.29, 0.717) is 23.4 Å². The first-order chi connectivity index (χ1) is 13.0. The predicted molar refractivity (Wildman–Crippen MR) is 106 cm³/mol. The smallest absolute Gasteiger partial charge is 0.259 e. The lowest BCUT2D eigenvalue weighted by Gasteiger charge is -2.13. The number of nitrogens with one attached hydrogen (secondary N) is 2. The fourth-order valence-corrected chi connectivity index (χ4v) is 2.98. The van der Waals surface area contributed by atoms with Crippen LogP contribution in [0.4, 0.5) is 11.4 Å². The largest absolute Gasteiger partial charge is 0.326 e. The minimum Gasteiger partial charge on any atom is -0.326 e. The van der Waals surface area contributed by atoms with Crippen molar-refractivity contribution in [2.75, 3.05) is 10.6 Å². The minimum atomic E-state index is -0.225. The Morgan fingerprint density at radius 2 is 1.67 bits per heavy atom. The fourth-order valence-electron chi connectivity index (χ4n) is 2.98. The number of rotatable bonds is 5. The van der Waals surface area contributed by atoms with Gasteiger partial charge in [0.25, 0.3) is 5.91 Å². The van der Waals surface area contributed by atoms with Gasteiger partial charge in [0.05, 0.1) is 23.1 Å². The molecule has 0 atom stereocenters. The van der Waals surface area contributed by atoms with Crippen LogP contribution in [0.2, 0.25) is 0 Å². The van der Waals surface area contributed by atoms with Crippen molar-refractivity contribution in [1.82, 2.24) is 9.78 Å². The zero-order valence-electron chi connectivity index (χ0n) is 15.6. The number of amides is 2. The van der Waals surface area contributed by atoms with Crippen LogP contribution < -0.4 is 10.6 Å². The van der Waals surface area contributed by atoms with Crippen LogP contribution in [0, 0.1) is 6.92 Å². The lowest BCUT2D eigenvalue weighted by Crippen LogP contribution is -2.16. The average molecular weight is 362 g/mol. The van der Waals surface area contributed by atoms with E-state index in [0.717, 1.165) is 16.9 Å². The van der Waals surface area contributed by atoms with E-state index in [1.807, 2.05) is 50.2 Å². The highest BCUT2D eigenvalue weighted by atomic mass is 16.2. The van der Waals surface area contributed by atoms with Gasteiger partial charge in [0.2, 0.25) is 5.91 Å². The van der Waals surface area contributed by atoms with Crippen molar-refractivity contribution in [3.05, 3.63) is 71.5 Å². The first-order valence-corrected chi connectivity index (χ1v) is 8.82. The maximum absolute atomic E-state index is 12.9. The summed E-state index contributed by atoms with van der Waals surface area (Å²) in [6.45, 7) is 5.31. The normalized spacial score (nSPS) is 10.5. The van der Waals surface area contributed by atoms with Crippen LogP contribution in [0.25, 0.3) is 5.69 Å². The summed E-state index contributed by atoms with van der Waals surface area (Å²) in [5.41, 5.74) is 4.42. The maximum Gasteiger partial charge on any atom is 0.259 e. The number of carbonyl (C=O) groups excluding carboxylic acids is 2. The molecule has 0 aliphatic rings. The highest BCUT2D eigenvalue weighted by molar-refractivity contribution is 6.06. The molecule has 0 bridgehead atoms. The van der Waals surface area contributed by atoms with Gasteiger partial charge in [-0.15, -0.1) is 0 Å². The second-order valence-electron chi connectivity index (χ2n) is 6.22. The number of carbonyl (C=O) groups is 2. The zero-order chi connectivity index (χ0) is 19.4. The standard InChI is InChI=1S/C21H22N4O2/c1-4-20-17(13-22-25(20)16-9-6-5-7-10-16)21(27)24-19-12-8-11-18(14(19)2)23-15(3)26/h5-13H,4H2,1-3H3,(H,23,26)(H,24,27). The predicted octanol–water partition coefficient (Wildman–Crippen LogP) is 3.95. The van der Waals surface area contributed by atoms with Crippen LogP contribution in [-0.4, -0.2) is 21.6 Å². The molecule has 0 aliphatic heterocycles. The van der Waals surface area contributed by atoms with E-state index >= 15 is 0 Å². The van der Waals surface area contributed by atoms with Crippen molar-refractivity contribution in [1.29, 1.82) is 0 Å². The first-order valence-electron chi connectivity index (χ1n) is 8.82. The lowest BCUT2D eigenvalue weighted by atomic mass is 10.1. The lowest BCUT2D eigenvalue weighted by molar-refractivity contribution is -0.114. The van der Waals surface area contributed by atoms with Gasteiger partial charge in [-0.3, -0.25) is 9.59 Å². The van der Waals surface area contributed by atoms with Gasteiger partial charge in [0.15, 0.2) is 0 Å². The highest BCUT2D eigenvalue weighted by Gasteiger charge is 2.18. The Balaban J connectivity index is 1.90. The third-order valence-electron chi connectivity index (χ3n) is 4.34. The summed E-state index contributed by atoms with van der Waals surface area (Å²) in [6.07, 6.45) is 2.26. The molecule has 1 aromatic heterocycles. The molecule has 138 valence electrons. The monoisotopic (exact) mass is 362 g/mol. The van der Waals surface area contributed by atoms with E-state index in [4.69, 9.17) is 0 Å². The zero-order valence-corrected chi connectivity index (χ0v) is 15.6. The van der Waals surface area contributed by atoms with E-state index in [2.05, 4.69) is 15.7 Å². The van der Waals surface area contributed by atoms with Gasteiger partial charge in [-0.1, -0.05) is 31.2 Å². The number of anilines is 2. The summed E-state index contributed by atoms with van der Waals surface area (Å²) in [6, 6.07) is 15.1. The van der Waals surface area contributed by atoms with Crippen molar-refractivity contribution >= 4 is 23.2 Å². The van der Waals surface area contributed by atoms with E-state index in [9.17, 15) is 9.59 Å². The molecule has 27 heavy (non-hydrogen) atoms. The molecule has 0 radical (unpaired) electrons. The molecule has 6 nitrogen and oxygen atoms in total. The van der Waals surface area contributed by atoms with E-state index in [1.165, 1.54) is 6.92 Å². The summed E-state index contributed by atoms with van der Waals surface area (Å²) in [4.78, 5) is 24.2. The SMILES string of the molecule is CCc1c(C(=O)Nc2cccc(NC(C)=O)c2C)cnn1-c1ccccc1. The van der Waals surface area contributed by atoms with E-state index < -0.39 is 0 Å². The molecule has 3 rings (SSSR count). The summed E-state index contributed by atoms with van der Waals surface area (Å²) < 4.78 is 1.79. The van der Waals surface area contributed by atoms with Crippen LogP contribution >= 0.6 is 0 Å². The molecule has 0 saturated carbocycles. The average Bonchev–Trinajstić information content (AvgIpc) is 3.09. The van der Waals surface area contributed by atoms with Crippen molar-refractivity contribution in [3.8, 4) is 5.69 Å². The molecule has 2 aromatic carbocycles. The Kier molecular flexibility index (Phi) is 5.35. The number of benzene rings is 2. The van der Waals surface area contributed by atoms with Crippen LogP contribution in [-0.2, 0) is 11.2 Å². The molecular weight excluding hydrogens is 340 g/mol. The number of aromatic nitrogens is 2. The van der Waals surface area contributed by atoms with Gasteiger partial charge >= 0.3 is 0 Å². The molecule has 0 fully saturated rings. The van der Waals surface area contributed by atoms with Crippen molar-refractivity contribution in [2.45, 2.75) is 27.2 Å². The summed E-state index contributed by atoms with van der Waals surface area (Å²) in [5, 5.41) is 10.1. The third-order valence-corrected chi connectivity index (χ3v) is 4.34. The van der Waals surface area contributed by atoms with Gasteiger partial charge in [-0.25, -0.2) is 4.68 Å². The molecule has 0 unspecified atom stereocenters. The fraction of sp³-hybridized carbons (Fsp3) is 0.190. The van der Waals surface area contributed by atoms with Gasteiger partial charge in [0.1, 0.15) is 0 Å². The molecule has 2 N–H and O–H groups in total. The summed E-state index contributed by atoms with van der Waals surface area (Å²) in [5.74, 6) is -0.379. The summed E-state index contributed by atoms with van der Waals surface area (Å²) in [7, 11) is 0. The molecule has 0 aliphatic carbocycles. The molecule has 0 saturated heterocycles. The van der Waals surface area contributed by atoms with Gasteiger partial charge in [0, 0.05) is 18.3 Å². The van der Waals surface area contributed by atoms with Crippen LogP contribution in [0.1, 0.15) is 35.5 Å². The van der Waals surface area contributed by atoms with Crippen LogP contribution in [0.3, 0.4) is 0 Å². The number of hydrogen-bond donors (Lipinski definition) is 2. The molecule has 1 heterocycles. The number of para-hydroxylation sites is 1. The third kappa shape index (κ3) is 3.89. The number of hydrogen-bond acceptors (Lipinski definition) is 3. The van der Waals surface area contributed by atoms with Gasteiger partial charge in [-0.05, 0) is 43.2 Å². The Morgan fingerprint density at radius 3 is 2.30 bits per heavy atom. The Labute approximate surface area is 158 Å². The van der Waals surface area contributed by atoms with Gasteiger partial charge < -0.3 is 10.6 Å². The second-order valence-corrected chi connectivity index (χ2v) is 6.22. The highest BCUT2D eigenvalue weighted by Crippen LogP contribution is 2.24. The maximum atomic E-state index is 12.9. The molecule has 3 aromatic rings. The van der Waals surface area contributed by atoms with Crippen molar-refractivity contribution in [2.24, 2.45) is 0 Å². The number of nitrogens with zero attached hydrogens (tertiary/aromatic N) is 2. The molecule has 0 spiro atoms. The van der Waals surface area contributed by atoms with Crippen molar-refractivity contribution < 1.29 is 9.59 Å². The molecule has 6 heteroatoms. The first kappa shape index (κ1) is 18.4. The molecule has 2 amide bonds. The Morgan fingerprint density at radius 1 is 1.00 bits per heavy atom. The van der Waals surface area contributed by atoms with E-state index in [-0.39, 0.29) is 11.8 Å².